The van der Waals surface area contributed by atoms with Crippen molar-refractivity contribution in [1.29, 1.82) is 0 Å². The molecule has 0 amide bonds. The zero-order chi connectivity index (χ0) is 24.0. The van der Waals surface area contributed by atoms with Crippen molar-refractivity contribution in [1.82, 2.24) is 0 Å². The van der Waals surface area contributed by atoms with E-state index in [0.717, 1.165) is 11.4 Å². The van der Waals surface area contributed by atoms with Gasteiger partial charge in [-0.3, -0.25) is 0 Å². The average Bonchev–Trinajstić information content (AvgIpc) is 2.94. The number of hydrogen-bond donors (Lipinski definition) is 1. The summed E-state index contributed by atoms with van der Waals surface area (Å²) in [4.78, 5) is 0. The van der Waals surface area contributed by atoms with E-state index in [1.54, 1.807) is 0 Å². The Bertz CT molecular complexity index is 1200. The van der Waals surface area contributed by atoms with E-state index >= 15 is 0 Å². The number of rotatable bonds is 6. The molecule has 0 saturated carbocycles. The van der Waals surface area contributed by atoms with Gasteiger partial charge in [0.05, 0.1) is 0 Å². The van der Waals surface area contributed by atoms with Crippen molar-refractivity contribution < 1.29 is 0 Å². The van der Waals surface area contributed by atoms with Crippen LogP contribution in [0, 0.1) is 0 Å². The molecule has 0 atom stereocenters. The molecule has 1 heteroatoms. The molecule has 170 valence electrons. The molecule has 0 unspecified atom stereocenters. The van der Waals surface area contributed by atoms with E-state index in [1.165, 1.54) is 22.3 Å². The average molecular weight is 452 g/mol. The van der Waals surface area contributed by atoms with Gasteiger partial charge in [0, 0.05) is 11.4 Å². The second-order valence-corrected chi connectivity index (χ2v) is 8.01. The molecule has 0 fully saturated rings. The first-order valence-corrected chi connectivity index (χ1v) is 11.8. The summed E-state index contributed by atoms with van der Waals surface area (Å²) in [6.45, 7) is 0. The van der Waals surface area contributed by atoms with Crippen LogP contribution in [-0.2, 0) is 0 Å². The van der Waals surface area contributed by atoms with Gasteiger partial charge in [-0.25, -0.2) is 0 Å². The smallest absolute Gasteiger partial charge is 0.0384 e. The lowest BCUT2D eigenvalue weighted by atomic mass is 10.1. The summed E-state index contributed by atoms with van der Waals surface area (Å²) in [5, 5.41) is 3.30. The summed E-state index contributed by atoms with van der Waals surface area (Å²) < 4.78 is 0. The lowest BCUT2D eigenvalue weighted by Crippen LogP contribution is -1.87. The zero-order valence-corrected chi connectivity index (χ0v) is 19.7. The zero-order valence-electron chi connectivity index (χ0n) is 19.7. The predicted molar refractivity (Wildman–Crippen MR) is 153 cm³/mol. The Morgan fingerprint density at radius 1 is 0.286 bits per heavy atom. The lowest BCUT2D eigenvalue weighted by molar-refractivity contribution is 1.55. The fraction of sp³-hybridized carbons (Fsp3) is 0. The maximum atomic E-state index is 3.30. The predicted octanol–water partition coefficient (Wildman–Crippen LogP) is 9.46. The van der Waals surface area contributed by atoms with Crippen LogP contribution in [0.1, 0.15) is 22.3 Å². The largest absolute Gasteiger partial charge is 0.356 e. The highest BCUT2D eigenvalue weighted by molar-refractivity contribution is 5.73. The van der Waals surface area contributed by atoms with Crippen LogP contribution in [0.2, 0.25) is 0 Å². The topological polar surface area (TPSA) is 12.0 Å². The van der Waals surface area contributed by atoms with Gasteiger partial charge in [-0.15, -0.1) is 0 Å². The van der Waals surface area contributed by atoms with Gasteiger partial charge in [-0.2, -0.15) is 0 Å². The van der Waals surface area contributed by atoms with E-state index in [2.05, 4.69) is 102 Å². The molecular weight excluding hydrogens is 422 g/mol. The molecule has 0 radical (unpaired) electrons. The van der Waals surface area contributed by atoms with Gasteiger partial charge >= 0.3 is 0 Å². The molecule has 0 aliphatic heterocycles. The third kappa shape index (κ3) is 8.34. The minimum atomic E-state index is 1.12. The van der Waals surface area contributed by atoms with Crippen molar-refractivity contribution >= 4 is 35.7 Å². The second kappa shape index (κ2) is 13.2. The molecule has 0 aliphatic rings. The first-order valence-electron chi connectivity index (χ1n) is 11.8. The number of benzene rings is 5. The highest BCUT2D eigenvalue weighted by Crippen LogP contribution is 2.15. The van der Waals surface area contributed by atoms with Crippen molar-refractivity contribution in [3.05, 3.63) is 168 Å². The van der Waals surface area contributed by atoms with Crippen LogP contribution in [-0.4, -0.2) is 0 Å². The molecule has 0 aromatic heterocycles. The monoisotopic (exact) mass is 451 g/mol. The van der Waals surface area contributed by atoms with Gasteiger partial charge in [-0.1, -0.05) is 146 Å². The van der Waals surface area contributed by atoms with Crippen LogP contribution >= 0.6 is 0 Å². The molecule has 0 saturated heterocycles. The van der Waals surface area contributed by atoms with E-state index in [9.17, 15) is 0 Å². The Balaban J connectivity index is 0.000000189. The normalized spacial score (nSPS) is 10.6. The molecule has 5 aromatic rings. The Labute approximate surface area is 208 Å². The molecular formula is C34H29N. The van der Waals surface area contributed by atoms with Crippen molar-refractivity contribution in [3.8, 4) is 0 Å². The van der Waals surface area contributed by atoms with E-state index in [4.69, 9.17) is 0 Å². The number of anilines is 2. The maximum Gasteiger partial charge on any atom is 0.0384 e. The van der Waals surface area contributed by atoms with E-state index < -0.39 is 0 Å². The highest BCUT2D eigenvalue weighted by atomic mass is 14.9. The molecule has 0 bridgehead atoms. The molecule has 1 N–H and O–H groups in total. The first-order chi connectivity index (χ1) is 17.3. The van der Waals surface area contributed by atoms with Gasteiger partial charge in [0.2, 0.25) is 0 Å². The third-order valence-electron chi connectivity index (χ3n) is 5.31. The maximum absolute atomic E-state index is 3.30. The standard InChI is InChI=1S/C22H18.C12H11N/c1-3-7-19(8-4-1)11-13-21-15-17-22(18-16-21)14-12-20-9-5-2-6-10-20;1-3-7-11(8-4-1)13-12-9-5-2-6-10-12/h1-18H;1-10,13H. The van der Waals surface area contributed by atoms with Gasteiger partial charge in [-0.05, 0) is 46.5 Å². The van der Waals surface area contributed by atoms with Crippen LogP contribution in [0.5, 0.6) is 0 Å². The molecule has 0 spiro atoms. The summed E-state index contributed by atoms with van der Waals surface area (Å²) >= 11 is 0. The third-order valence-corrected chi connectivity index (χ3v) is 5.31. The summed E-state index contributed by atoms with van der Waals surface area (Å²) in [5.74, 6) is 0. The van der Waals surface area contributed by atoms with Gasteiger partial charge in [0.1, 0.15) is 0 Å². The SMILES string of the molecule is C(=Cc1ccc(C=Cc2ccccc2)cc1)c1ccccc1.c1ccc(Nc2ccccc2)cc1. The summed E-state index contributed by atoms with van der Waals surface area (Å²) in [5.41, 5.74) is 7.09. The van der Waals surface area contributed by atoms with Crippen LogP contribution in [0.3, 0.4) is 0 Å². The van der Waals surface area contributed by atoms with Gasteiger partial charge in [0.15, 0.2) is 0 Å². The van der Waals surface area contributed by atoms with Crippen molar-refractivity contribution in [2.24, 2.45) is 0 Å². The van der Waals surface area contributed by atoms with Crippen LogP contribution in [0.4, 0.5) is 11.4 Å². The minimum Gasteiger partial charge on any atom is -0.356 e. The van der Waals surface area contributed by atoms with Crippen molar-refractivity contribution in [3.63, 3.8) is 0 Å². The van der Waals surface area contributed by atoms with Crippen molar-refractivity contribution in [2.75, 3.05) is 5.32 Å². The summed E-state index contributed by atoms with van der Waals surface area (Å²) in [7, 11) is 0. The van der Waals surface area contributed by atoms with Crippen LogP contribution < -0.4 is 5.32 Å². The van der Waals surface area contributed by atoms with Crippen LogP contribution in [0.25, 0.3) is 24.3 Å². The number of para-hydroxylation sites is 2. The fourth-order valence-electron chi connectivity index (χ4n) is 3.44. The molecule has 5 aromatic carbocycles. The van der Waals surface area contributed by atoms with Crippen LogP contribution in [0.15, 0.2) is 146 Å². The van der Waals surface area contributed by atoms with Gasteiger partial charge < -0.3 is 5.32 Å². The Kier molecular flexibility index (Phi) is 8.86. The molecule has 35 heavy (non-hydrogen) atoms. The quantitative estimate of drug-likeness (QED) is 0.253. The van der Waals surface area contributed by atoms with E-state index in [0.29, 0.717) is 0 Å². The number of hydrogen-bond acceptors (Lipinski definition) is 1. The lowest BCUT2D eigenvalue weighted by Gasteiger charge is -2.04. The number of nitrogens with one attached hydrogen (secondary N) is 1. The minimum absolute atomic E-state index is 1.12. The Morgan fingerprint density at radius 3 is 0.857 bits per heavy atom. The molecule has 1 nitrogen and oxygen atoms in total. The Hall–Kier alpha value is -4.62. The summed E-state index contributed by atoms with van der Waals surface area (Å²) in [6, 6.07) is 49.6. The molecule has 0 heterocycles. The van der Waals surface area contributed by atoms with Crippen molar-refractivity contribution in [2.45, 2.75) is 0 Å². The van der Waals surface area contributed by atoms with Gasteiger partial charge in [0.25, 0.3) is 0 Å². The second-order valence-electron chi connectivity index (χ2n) is 8.01. The molecule has 5 rings (SSSR count). The highest BCUT2D eigenvalue weighted by Gasteiger charge is 1.91. The summed E-state index contributed by atoms with van der Waals surface area (Å²) in [6.07, 6.45) is 8.55. The fourth-order valence-corrected chi connectivity index (χ4v) is 3.44. The van der Waals surface area contributed by atoms with E-state index in [-0.39, 0.29) is 0 Å². The Morgan fingerprint density at radius 2 is 0.543 bits per heavy atom. The van der Waals surface area contributed by atoms with E-state index in [1.807, 2.05) is 72.8 Å². The first kappa shape index (κ1) is 23.5. The molecule has 0 aliphatic carbocycles.